The third kappa shape index (κ3) is 10.2. The molecule has 0 radical (unpaired) electrons. The molecule has 2 saturated heterocycles. The van der Waals surface area contributed by atoms with Gasteiger partial charge in [0.25, 0.3) is 0 Å². The number of halogens is 3. The summed E-state index contributed by atoms with van der Waals surface area (Å²) in [4.78, 5) is 63.5. The highest BCUT2D eigenvalue weighted by atomic mass is 19.1. The van der Waals surface area contributed by atoms with Crippen molar-refractivity contribution in [1.82, 2.24) is 69.3 Å². The fourth-order valence-corrected chi connectivity index (χ4v) is 9.83. The summed E-state index contributed by atoms with van der Waals surface area (Å²) in [5, 5.41) is 18.8. The molecule has 2 amide bonds. The van der Waals surface area contributed by atoms with Gasteiger partial charge in [0, 0.05) is 100 Å². The minimum absolute atomic E-state index is 0.0169. The van der Waals surface area contributed by atoms with E-state index in [1.807, 2.05) is 24.0 Å². The predicted octanol–water partition coefficient (Wildman–Crippen LogP) is 8.00. The quantitative estimate of drug-likeness (QED) is 0.0925. The molecule has 2 N–H and O–H groups in total. The molecular weight excluding hydrogens is 1060 g/mol. The summed E-state index contributed by atoms with van der Waals surface area (Å²) in [6.45, 7) is 10.1. The Bertz CT molecular complexity index is 4180. The third-order valence-electron chi connectivity index (χ3n) is 14.1. The van der Waals surface area contributed by atoms with Gasteiger partial charge >= 0.3 is 0 Å². The Morgan fingerprint density at radius 3 is 2.20 bits per heavy atom. The fourth-order valence-electron chi connectivity index (χ4n) is 9.83. The first kappa shape index (κ1) is 52.2. The smallest absolute Gasteiger partial charge is 0.246 e. The number of carbonyl (C=O) groups is 2. The minimum atomic E-state index is -0.700. The zero-order chi connectivity index (χ0) is 56.6. The van der Waals surface area contributed by atoms with Gasteiger partial charge in [0.05, 0.1) is 42.0 Å². The van der Waals surface area contributed by atoms with Crippen molar-refractivity contribution in [2.24, 2.45) is 0 Å². The highest BCUT2D eigenvalue weighted by molar-refractivity contribution is 5.93. The number of hydrogen-bond acceptors (Lipinski definition) is 19. The molecule has 2 aliphatic rings. The van der Waals surface area contributed by atoms with E-state index in [1.54, 1.807) is 61.8 Å². The average Bonchev–Trinajstić information content (AvgIpc) is 4.26. The first-order valence-electron chi connectivity index (χ1n) is 25.9. The molecule has 0 bridgehead atoms. The van der Waals surface area contributed by atoms with Gasteiger partial charge in [0.15, 0.2) is 46.3 Å². The van der Waals surface area contributed by atoms with Gasteiger partial charge in [0.2, 0.25) is 11.8 Å². The zero-order valence-corrected chi connectivity index (χ0v) is 44.3. The molecule has 3 aromatic carbocycles. The lowest BCUT2D eigenvalue weighted by molar-refractivity contribution is -0.127. The van der Waals surface area contributed by atoms with Gasteiger partial charge < -0.3 is 44.4 Å². The molecule has 12 rings (SSSR count). The van der Waals surface area contributed by atoms with Crippen molar-refractivity contribution < 1.29 is 37.0 Å². The summed E-state index contributed by atoms with van der Waals surface area (Å²) >= 11 is 0. The van der Waals surface area contributed by atoms with E-state index >= 15 is 13.2 Å². The number of allylic oxidation sites excluding steroid dienone is 1. The van der Waals surface area contributed by atoms with Crippen LogP contribution >= 0.6 is 0 Å². The van der Waals surface area contributed by atoms with Gasteiger partial charge in [-0.3, -0.25) is 9.59 Å². The number of pyridine rings is 3. The molecule has 0 spiro atoms. The van der Waals surface area contributed by atoms with E-state index in [0.717, 1.165) is 11.6 Å². The Morgan fingerprint density at radius 2 is 1.43 bits per heavy atom. The molecule has 0 unspecified atom stereocenters. The van der Waals surface area contributed by atoms with Gasteiger partial charge in [-0.15, -0.1) is 5.10 Å². The highest BCUT2D eigenvalue weighted by Gasteiger charge is 2.27. The number of benzene rings is 3. The van der Waals surface area contributed by atoms with Crippen molar-refractivity contribution in [3.8, 4) is 28.7 Å². The Hall–Kier alpha value is -10.5. The molecular formula is C56H49F3N18O5. The summed E-state index contributed by atoms with van der Waals surface area (Å²) < 4.78 is 69.3. The van der Waals surface area contributed by atoms with E-state index in [4.69, 9.17) is 19.2 Å². The van der Waals surface area contributed by atoms with Gasteiger partial charge in [-0.05, 0) is 61.9 Å². The van der Waals surface area contributed by atoms with Crippen LogP contribution in [0.1, 0.15) is 11.1 Å². The maximum Gasteiger partial charge on any atom is 0.246 e. The maximum atomic E-state index is 16.5. The summed E-state index contributed by atoms with van der Waals surface area (Å²) in [5.41, 5.74) is 3.71. The van der Waals surface area contributed by atoms with Crippen molar-refractivity contribution >= 4 is 85.1 Å². The van der Waals surface area contributed by atoms with Crippen molar-refractivity contribution in [1.29, 1.82) is 0 Å². The summed E-state index contributed by atoms with van der Waals surface area (Å²) in [5.74, 6) is 0.623. The molecule has 0 saturated carbocycles. The maximum absolute atomic E-state index is 16.5. The van der Waals surface area contributed by atoms with E-state index in [0.29, 0.717) is 90.2 Å². The number of anilines is 6. The Balaban J connectivity index is 0.664. The van der Waals surface area contributed by atoms with Crippen molar-refractivity contribution in [3.63, 3.8) is 0 Å². The lowest BCUT2D eigenvalue weighted by atomic mass is 10.1. The molecule has 2 aliphatic heterocycles. The predicted molar refractivity (Wildman–Crippen MR) is 298 cm³/mol. The van der Waals surface area contributed by atoms with Crippen LogP contribution in [0.3, 0.4) is 0 Å². The van der Waals surface area contributed by atoms with Crippen LogP contribution in [0.5, 0.6) is 28.7 Å². The molecule has 26 heteroatoms. The van der Waals surface area contributed by atoms with Crippen LogP contribution in [0, 0.1) is 31.3 Å². The Kier molecular flexibility index (Phi) is 14.0. The summed E-state index contributed by atoms with van der Waals surface area (Å²) in [6, 6.07) is 16.4. The highest BCUT2D eigenvalue weighted by Crippen LogP contribution is 2.38. The Labute approximate surface area is 464 Å². The lowest BCUT2D eigenvalue weighted by Gasteiger charge is -2.35. The molecule has 9 heterocycles. The lowest BCUT2D eigenvalue weighted by Crippen LogP contribution is -2.48. The average molecular weight is 1110 g/mol. The second-order valence-corrected chi connectivity index (χ2v) is 19.2. The molecule has 10 aromatic rings. The van der Waals surface area contributed by atoms with Crippen LogP contribution < -0.4 is 34.6 Å². The van der Waals surface area contributed by atoms with Crippen LogP contribution in [-0.2, 0) is 16.1 Å². The van der Waals surface area contributed by atoms with Crippen molar-refractivity contribution in [2.45, 2.75) is 20.4 Å². The molecule has 0 aliphatic carbocycles. The number of rotatable bonds is 15. The number of nitrogens with zero attached hydrogens (tertiary/aromatic N) is 16. The molecule has 0 atom stereocenters. The largest absolute Gasteiger partial charge is 0.493 e. The van der Waals surface area contributed by atoms with E-state index in [-0.39, 0.29) is 88.1 Å². The monoisotopic (exact) mass is 1110 g/mol. The number of ether oxygens (including phenoxy) is 3. The number of piperazine rings is 2. The van der Waals surface area contributed by atoms with E-state index < -0.39 is 17.5 Å². The van der Waals surface area contributed by atoms with E-state index in [2.05, 4.69) is 62.5 Å². The number of hydrogen-bond donors (Lipinski definition) is 2. The second-order valence-electron chi connectivity index (χ2n) is 19.2. The third-order valence-corrected chi connectivity index (χ3v) is 14.1. The van der Waals surface area contributed by atoms with Gasteiger partial charge in [-0.2, -0.15) is 5.10 Å². The van der Waals surface area contributed by atoms with Crippen LogP contribution in [0.25, 0.3) is 38.6 Å². The number of carbonyl (C=O) groups excluding carboxylic acids is 2. The SMILES string of the molecule is C=CC(=O)N1CCN(c2nc3c(Nc4ccc(Oc5cc(F)c6c(c5)nnn6C/C=C/C(=O)N5CCN(c6ncc7ncnc(Nc8ccc(Oc9ccn%10ncnc%10c9)c(C)c8)c7c6F)CC5)c(C)c4F)ncnc3cc2OC)CC1. The van der Waals surface area contributed by atoms with E-state index in [1.165, 1.54) is 68.2 Å². The second kappa shape index (κ2) is 22.0. The minimum Gasteiger partial charge on any atom is -0.493 e. The molecule has 82 heavy (non-hydrogen) atoms. The van der Waals surface area contributed by atoms with Crippen LogP contribution in [0.15, 0.2) is 117 Å². The van der Waals surface area contributed by atoms with Gasteiger partial charge in [-0.25, -0.2) is 57.3 Å². The normalized spacial score (nSPS) is 13.9. The standard InChI is InChI=1S/C56H49F3N18O5/c1-5-46(78)72-15-19-74(20-16-72)55-44(80-4)27-39-51(69-55)54(65-29-61-39)68-38-9-11-43(33(3)49(38)58)82-36-24-37(57)52-40(25-36)70-71-77(52)13-6-7-47(79)73-17-21-75(22-18-73)56-50(59)48-41(28-60-56)62-30-64-53(48)67-34-8-10-42(32(2)23-34)81-35-12-14-76-45(26-35)63-31-66-76/h5-12,14,23-31H,1,13,15-22H2,2-4H3,(H,61,65,68)(H,62,64,67)/b7-6+. The van der Waals surface area contributed by atoms with Crippen molar-refractivity contribution in [2.75, 3.05) is 79.9 Å². The van der Waals surface area contributed by atoms with Crippen LogP contribution in [-0.4, -0.2) is 141 Å². The van der Waals surface area contributed by atoms with E-state index in [9.17, 15) is 9.59 Å². The first-order valence-corrected chi connectivity index (χ1v) is 25.9. The van der Waals surface area contributed by atoms with Crippen LogP contribution in [0.4, 0.5) is 47.8 Å². The fraction of sp³-hybridized carbons (Fsp3) is 0.214. The Morgan fingerprint density at radius 1 is 0.695 bits per heavy atom. The topological polar surface area (TPSA) is 237 Å². The van der Waals surface area contributed by atoms with Crippen molar-refractivity contribution in [3.05, 3.63) is 145 Å². The number of fused-ring (bicyclic) bond motifs is 4. The van der Waals surface area contributed by atoms with Gasteiger partial charge in [0.1, 0.15) is 64.3 Å². The summed E-state index contributed by atoms with van der Waals surface area (Å²) in [7, 11) is 1.53. The molecule has 414 valence electrons. The number of amides is 2. The number of methoxy groups -OCH3 is 1. The molecule has 23 nitrogen and oxygen atoms in total. The van der Waals surface area contributed by atoms with Gasteiger partial charge in [-0.1, -0.05) is 17.9 Å². The number of aromatic nitrogens is 12. The zero-order valence-electron chi connectivity index (χ0n) is 44.3. The number of nitrogens with one attached hydrogen (secondary N) is 2. The number of aryl methyl sites for hydroxylation is 1. The summed E-state index contributed by atoms with van der Waals surface area (Å²) in [6.07, 6.45) is 11.6. The molecule has 2 fully saturated rings. The molecule has 7 aromatic heterocycles. The van der Waals surface area contributed by atoms with Crippen LogP contribution in [0.2, 0.25) is 0 Å². The first-order chi connectivity index (χ1) is 39.9.